The maximum absolute atomic E-state index is 13.5. The van der Waals surface area contributed by atoms with Crippen LogP contribution in [-0.2, 0) is 18.4 Å². The number of carbonyl (C=O) groups excluding carboxylic acids is 1. The van der Waals surface area contributed by atoms with Crippen LogP contribution in [0.3, 0.4) is 0 Å². The fourth-order valence-electron chi connectivity index (χ4n) is 2.18. The van der Waals surface area contributed by atoms with E-state index < -0.39 is 11.6 Å². The van der Waals surface area contributed by atoms with Crippen LogP contribution in [0, 0.1) is 18.6 Å². The van der Waals surface area contributed by atoms with E-state index in [4.69, 9.17) is 0 Å². The van der Waals surface area contributed by atoms with Gasteiger partial charge in [-0.05, 0) is 26.1 Å². The van der Waals surface area contributed by atoms with Crippen molar-refractivity contribution in [3.63, 3.8) is 0 Å². The molecule has 7 heteroatoms. The molecule has 0 saturated carbocycles. The number of rotatable bonds is 5. The van der Waals surface area contributed by atoms with E-state index in [0.29, 0.717) is 6.54 Å². The van der Waals surface area contributed by atoms with Gasteiger partial charge in [-0.15, -0.1) is 0 Å². The van der Waals surface area contributed by atoms with E-state index >= 15 is 0 Å². The van der Waals surface area contributed by atoms with Crippen LogP contribution in [0.5, 0.6) is 0 Å². The fraction of sp³-hybridized carbons (Fsp3) is 0.333. The summed E-state index contributed by atoms with van der Waals surface area (Å²) in [4.78, 5) is 13.7. The lowest BCUT2D eigenvalue weighted by atomic mass is 10.2. The fourth-order valence-corrected chi connectivity index (χ4v) is 2.18. The molecule has 2 rings (SSSR count). The number of halogens is 2. The molecule has 0 aliphatic heterocycles. The van der Waals surface area contributed by atoms with E-state index in [2.05, 4.69) is 10.4 Å². The molecule has 0 fully saturated rings. The van der Waals surface area contributed by atoms with Crippen molar-refractivity contribution >= 4 is 11.6 Å². The Bertz CT molecular complexity index is 684. The van der Waals surface area contributed by atoms with Crippen LogP contribution >= 0.6 is 0 Å². The van der Waals surface area contributed by atoms with Crippen molar-refractivity contribution in [3.05, 3.63) is 47.3 Å². The first-order valence-corrected chi connectivity index (χ1v) is 6.77. The third-order valence-electron chi connectivity index (χ3n) is 3.17. The third-order valence-corrected chi connectivity index (χ3v) is 3.17. The number of nitrogens with one attached hydrogen (secondary N) is 1. The summed E-state index contributed by atoms with van der Waals surface area (Å²) >= 11 is 0. The molecule has 1 aromatic heterocycles. The Morgan fingerprint density at radius 2 is 2.14 bits per heavy atom. The second kappa shape index (κ2) is 6.65. The van der Waals surface area contributed by atoms with Gasteiger partial charge in [0.25, 0.3) is 0 Å². The minimum Gasteiger partial charge on any atom is -0.322 e. The lowest BCUT2D eigenvalue weighted by Gasteiger charge is -2.16. The van der Waals surface area contributed by atoms with E-state index in [-0.39, 0.29) is 18.1 Å². The van der Waals surface area contributed by atoms with E-state index in [0.717, 1.165) is 23.4 Å². The average Bonchev–Trinajstić information content (AvgIpc) is 2.71. The van der Waals surface area contributed by atoms with Gasteiger partial charge in [0.15, 0.2) is 0 Å². The smallest absolute Gasteiger partial charge is 0.238 e. The first-order chi connectivity index (χ1) is 10.3. The number of amides is 1. The van der Waals surface area contributed by atoms with Crippen LogP contribution < -0.4 is 5.32 Å². The predicted octanol–water partition coefficient (Wildman–Crippen LogP) is 2.08. The highest BCUT2D eigenvalue weighted by Crippen LogP contribution is 2.15. The summed E-state index contributed by atoms with van der Waals surface area (Å²) in [5.74, 6) is -1.84. The number of carbonyl (C=O) groups is 1. The Balaban J connectivity index is 1.92. The lowest BCUT2D eigenvalue weighted by Crippen LogP contribution is -2.30. The second-order valence-electron chi connectivity index (χ2n) is 5.26. The zero-order valence-electron chi connectivity index (χ0n) is 12.7. The molecule has 0 aliphatic carbocycles. The van der Waals surface area contributed by atoms with Gasteiger partial charge < -0.3 is 5.32 Å². The summed E-state index contributed by atoms with van der Waals surface area (Å²) in [7, 11) is 3.62. The first-order valence-electron chi connectivity index (χ1n) is 6.77. The number of hydrogen-bond donors (Lipinski definition) is 1. The maximum Gasteiger partial charge on any atom is 0.238 e. The molecule has 1 N–H and O–H groups in total. The number of aryl methyl sites for hydroxylation is 2. The van der Waals surface area contributed by atoms with Gasteiger partial charge in [-0.25, -0.2) is 8.78 Å². The number of anilines is 1. The molecule has 0 atom stereocenters. The molecule has 22 heavy (non-hydrogen) atoms. The van der Waals surface area contributed by atoms with Gasteiger partial charge in [-0.2, -0.15) is 5.10 Å². The largest absolute Gasteiger partial charge is 0.322 e. The van der Waals surface area contributed by atoms with Crippen LogP contribution in [0.2, 0.25) is 0 Å². The Morgan fingerprint density at radius 1 is 1.41 bits per heavy atom. The molecule has 2 aromatic rings. The molecule has 0 spiro atoms. The molecule has 5 nitrogen and oxygen atoms in total. The van der Waals surface area contributed by atoms with Crippen LogP contribution in [-0.4, -0.2) is 34.2 Å². The van der Waals surface area contributed by atoms with Crippen molar-refractivity contribution in [1.82, 2.24) is 14.7 Å². The van der Waals surface area contributed by atoms with Crippen molar-refractivity contribution in [2.45, 2.75) is 13.5 Å². The zero-order chi connectivity index (χ0) is 16.3. The summed E-state index contributed by atoms with van der Waals surface area (Å²) in [5, 5.41) is 6.67. The van der Waals surface area contributed by atoms with E-state index in [1.54, 1.807) is 16.6 Å². The number of benzene rings is 1. The molecule has 1 aromatic carbocycles. The van der Waals surface area contributed by atoms with Gasteiger partial charge in [0.2, 0.25) is 5.91 Å². The number of aromatic nitrogens is 2. The molecule has 1 amide bonds. The van der Waals surface area contributed by atoms with Crippen molar-refractivity contribution in [2.24, 2.45) is 7.05 Å². The molecule has 0 radical (unpaired) electrons. The highest BCUT2D eigenvalue weighted by molar-refractivity contribution is 5.92. The monoisotopic (exact) mass is 308 g/mol. The van der Waals surface area contributed by atoms with Crippen LogP contribution in [0.25, 0.3) is 0 Å². The summed E-state index contributed by atoms with van der Waals surface area (Å²) in [5.41, 5.74) is 1.89. The first kappa shape index (κ1) is 16.1. The predicted molar refractivity (Wildman–Crippen MR) is 79.3 cm³/mol. The minimum absolute atomic E-state index is 0.0302. The highest BCUT2D eigenvalue weighted by atomic mass is 19.1. The Kier molecular flexibility index (Phi) is 4.87. The lowest BCUT2D eigenvalue weighted by molar-refractivity contribution is -0.117. The van der Waals surface area contributed by atoms with Crippen molar-refractivity contribution in [1.29, 1.82) is 0 Å². The molecule has 1 heterocycles. The number of hydrogen-bond acceptors (Lipinski definition) is 3. The van der Waals surface area contributed by atoms with Crippen LogP contribution in [0.4, 0.5) is 14.5 Å². The quantitative estimate of drug-likeness (QED) is 0.920. The average molecular weight is 308 g/mol. The van der Waals surface area contributed by atoms with Crippen molar-refractivity contribution in [2.75, 3.05) is 18.9 Å². The molecule has 0 bridgehead atoms. The molecule has 0 aliphatic rings. The normalized spacial score (nSPS) is 11.0. The Hall–Kier alpha value is -2.28. The van der Waals surface area contributed by atoms with Gasteiger partial charge >= 0.3 is 0 Å². The summed E-state index contributed by atoms with van der Waals surface area (Å²) in [6, 6.07) is 3.04. The van der Waals surface area contributed by atoms with Gasteiger partial charge in [-0.1, -0.05) is 0 Å². The van der Waals surface area contributed by atoms with Gasteiger partial charge in [0.05, 0.1) is 17.9 Å². The van der Waals surface area contributed by atoms with E-state index in [1.165, 1.54) is 6.07 Å². The summed E-state index contributed by atoms with van der Waals surface area (Å²) in [6.45, 7) is 2.54. The molecule has 0 unspecified atom stereocenters. The Labute approximate surface area is 127 Å². The van der Waals surface area contributed by atoms with Gasteiger partial charge in [0.1, 0.15) is 11.6 Å². The summed E-state index contributed by atoms with van der Waals surface area (Å²) in [6.07, 6.45) is 1.89. The minimum atomic E-state index is -0.792. The standard InChI is InChI=1S/C15H18F2N4O/c1-10-11(8-21(3)19-10)7-20(2)9-15(22)18-14-5-4-12(16)6-13(14)17/h4-6,8H,7,9H2,1-3H3,(H,18,22). The third kappa shape index (κ3) is 4.11. The summed E-state index contributed by atoms with van der Waals surface area (Å²) < 4.78 is 28.0. The van der Waals surface area contributed by atoms with Gasteiger partial charge in [0, 0.05) is 31.4 Å². The topological polar surface area (TPSA) is 50.2 Å². The van der Waals surface area contributed by atoms with Crippen LogP contribution in [0.15, 0.2) is 24.4 Å². The molecular weight excluding hydrogens is 290 g/mol. The van der Waals surface area contributed by atoms with Crippen molar-refractivity contribution in [3.8, 4) is 0 Å². The number of nitrogens with zero attached hydrogens (tertiary/aromatic N) is 3. The number of likely N-dealkylation sites (N-methyl/N-ethyl adjacent to an activating group) is 1. The molecule has 118 valence electrons. The Morgan fingerprint density at radius 3 is 2.73 bits per heavy atom. The molecular formula is C15H18F2N4O. The molecule has 0 saturated heterocycles. The van der Waals surface area contributed by atoms with Crippen molar-refractivity contribution < 1.29 is 13.6 Å². The van der Waals surface area contributed by atoms with E-state index in [1.807, 2.05) is 20.2 Å². The maximum atomic E-state index is 13.5. The van der Waals surface area contributed by atoms with Crippen LogP contribution in [0.1, 0.15) is 11.3 Å². The van der Waals surface area contributed by atoms with Gasteiger partial charge in [-0.3, -0.25) is 14.4 Å². The highest BCUT2D eigenvalue weighted by Gasteiger charge is 2.12. The second-order valence-corrected chi connectivity index (χ2v) is 5.26. The zero-order valence-corrected chi connectivity index (χ0v) is 12.7. The SMILES string of the molecule is Cc1nn(C)cc1CN(C)CC(=O)Nc1ccc(F)cc1F. The van der Waals surface area contributed by atoms with E-state index in [9.17, 15) is 13.6 Å².